The van der Waals surface area contributed by atoms with Crippen LogP contribution in [0, 0.1) is 0 Å². The SMILES string of the molecule is CCCOc1cccnc1S(=O)(=O)CCCCl. The summed E-state index contributed by atoms with van der Waals surface area (Å²) in [4.78, 5) is 3.90. The fourth-order valence-corrected chi connectivity index (χ4v) is 2.94. The Kier molecular flexibility index (Phi) is 5.71. The van der Waals surface area contributed by atoms with E-state index in [4.69, 9.17) is 16.3 Å². The fraction of sp³-hybridized carbons (Fsp3) is 0.545. The van der Waals surface area contributed by atoms with E-state index in [2.05, 4.69) is 4.98 Å². The molecular weight excluding hydrogens is 262 g/mol. The van der Waals surface area contributed by atoms with Crippen molar-refractivity contribution in [3.8, 4) is 5.75 Å². The van der Waals surface area contributed by atoms with Crippen LogP contribution in [0.3, 0.4) is 0 Å². The van der Waals surface area contributed by atoms with Gasteiger partial charge in [0.1, 0.15) is 0 Å². The van der Waals surface area contributed by atoms with Crippen LogP contribution in [-0.4, -0.2) is 31.6 Å². The number of nitrogens with zero attached hydrogens (tertiary/aromatic N) is 1. The molecule has 0 unspecified atom stereocenters. The fourth-order valence-electron chi connectivity index (χ4n) is 1.27. The lowest BCUT2D eigenvalue weighted by atomic mass is 10.4. The van der Waals surface area contributed by atoms with Gasteiger partial charge in [-0.25, -0.2) is 13.4 Å². The first kappa shape index (κ1) is 14.3. The Morgan fingerprint density at radius 1 is 1.47 bits per heavy atom. The number of alkyl halides is 1. The molecule has 1 rings (SSSR count). The lowest BCUT2D eigenvalue weighted by Crippen LogP contribution is -2.11. The van der Waals surface area contributed by atoms with Crippen LogP contribution < -0.4 is 4.74 Å². The molecule has 17 heavy (non-hydrogen) atoms. The molecule has 1 heterocycles. The van der Waals surface area contributed by atoms with Gasteiger partial charge in [0, 0.05) is 12.1 Å². The molecule has 0 aliphatic rings. The topological polar surface area (TPSA) is 56.3 Å². The molecule has 0 radical (unpaired) electrons. The number of halogens is 1. The normalized spacial score (nSPS) is 11.4. The third-order valence-electron chi connectivity index (χ3n) is 2.04. The highest BCUT2D eigenvalue weighted by Crippen LogP contribution is 2.22. The van der Waals surface area contributed by atoms with Crippen LogP contribution in [0.5, 0.6) is 5.75 Å². The number of rotatable bonds is 7. The van der Waals surface area contributed by atoms with Gasteiger partial charge in [0.2, 0.25) is 0 Å². The monoisotopic (exact) mass is 277 g/mol. The molecule has 96 valence electrons. The molecule has 0 atom stereocenters. The highest BCUT2D eigenvalue weighted by atomic mass is 35.5. The van der Waals surface area contributed by atoms with Crippen molar-refractivity contribution >= 4 is 21.4 Å². The van der Waals surface area contributed by atoms with Gasteiger partial charge < -0.3 is 4.74 Å². The van der Waals surface area contributed by atoms with Crippen molar-refractivity contribution in [1.82, 2.24) is 4.98 Å². The summed E-state index contributed by atoms with van der Waals surface area (Å²) in [6, 6.07) is 3.28. The van der Waals surface area contributed by atoms with Gasteiger partial charge in [0.15, 0.2) is 20.6 Å². The van der Waals surface area contributed by atoms with Gasteiger partial charge in [-0.05, 0) is 25.0 Å². The Morgan fingerprint density at radius 3 is 2.88 bits per heavy atom. The summed E-state index contributed by atoms with van der Waals surface area (Å²) in [6.45, 7) is 2.43. The smallest absolute Gasteiger partial charge is 0.199 e. The summed E-state index contributed by atoms with van der Waals surface area (Å²) in [5, 5.41) is 0.0126. The summed E-state index contributed by atoms with van der Waals surface area (Å²) in [5.41, 5.74) is 0. The molecule has 1 aromatic heterocycles. The third kappa shape index (κ3) is 4.16. The van der Waals surface area contributed by atoms with Gasteiger partial charge in [-0.1, -0.05) is 6.92 Å². The van der Waals surface area contributed by atoms with E-state index in [1.807, 2.05) is 6.92 Å². The van der Waals surface area contributed by atoms with Crippen molar-refractivity contribution in [3.05, 3.63) is 18.3 Å². The third-order valence-corrected chi connectivity index (χ3v) is 4.03. The second-order valence-corrected chi connectivity index (χ2v) is 5.92. The highest BCUT2D eigenvalue weighted by molar-refractivity contribution is 7.91. The quantitative estimate of drug-likeness (QED) is 0.718. The van der Waals surface area contributed by atoms with E-state index < -0.39 is 9.84 Å². The zero-order chi connectivity index (χ0) is 12.7. The first-order chi connectivity index (χ1) is 8.11. The maximum atomic E-state index is 12.0. The first-order valence-corrected chi connectivity index (χ1v) is 7.67. The van der Waals surface area contributed by atoms with E-state index in [0.29, 0.717) is 24.7 Å². The summed E-state index contributed by atoms with van der Waals surface area (Å²) in [6.07, 6.45) is 2.68. The van der Waals surface area contributed by atoms with Crippen molar-refractivity contribution in [1.29, 1.82) is 0 Å². The predicted octanol–water partition coefficient (Wildman–Crippen LogP) is 2.27. The minimum atomic E-state index is -3.40. The van der Waals surface area contributed by atoms with Crippen LogP contribution in [0.15, 0.2) is 23.4 Å². The van der Waals surface area contributed by atoms with Crippen molar-refractivity contribution in [2.75, 3.05) is 18.2 Å². The number of hydrogen-bond acceptors (Lipinski definition) is 4. The lowest BCUT2D eigenvalue weighted by Gasteiger charge is -2.09. The van der Waals surface area contributed by atoms with Crippen molar-refractivity contribution in [2.45, 2.75) is 24.8 Å². The van der Waals surface area contributed by atoms with Crippen LogP contribution in [-0.2, 0) is 9.84 Å². The van der Waals surface area contributed by atoms with Crippen molar-refractivity contribution < 1.29 is 13.2 Å². The second-order valence-electron chi connectivity index (χ2n) is 3.52. The highest BCUT2D eigenvalue weighted by Gasteiger charge is 2.20. The number of hydrogen-bond donors (Lipinski definition) is 0. The molecule has 0 amide bonds. The summed E-state index contributed by atoms with van der Waals surface area (Å²) in [7, 11) is -3.40. The molecule has 0 saturated heterocycles. The maximum absolute atomic E-state index is 12.0. The van der Waals surface area contributed by atoms with Gasteiger partial charge >= 0.3 is 0 Å². The standard InChI is InChI=1S/C11H16ClNO3S/c1-2-8-16-10-5-3-7-13-11(10)17(14,15)9-4-6-12/h3,5,7H,2,4,6,8-9H2,1H3. The molecule has 0 aliphatic carbocycles. The van der Waals surface area contributed by atoms with Crippen LogP contribution in [0.25, 0.3) is 0 Å². The van der Waals surface area contributed by atoms with Crippen LogP contribution in [0.2, 0.25) is 0 Å². The second kappa shape index (κ2) is 6.81. The largest absolute Gasteiger partial charge is 0.491 e. The van der Waals surface area contributed by atoms with Crippen LogP contribution >= 0.6 is 11.6 Å². The van der Waals surface area contributed by atoms with E-state index >= 15 is 0 Å². The van der Waals surface area contributed by atoms with E-state index in [-0.39, 0.29) is 10.8 Å². The van der Waals surface area contributed by atoms with Gasteiger partial charge in [-0.3, -0.25) is 0 Å². The molecule has 1 aromatic rings. The number of pyridine rings is 1. The molecule has 0 fully saturated rings. The minimum absolute atomic E-state index is 0.00397. The summed E-state index contributed by atoms with van der Waals surface area (Å²) in [5.74, 6) is 0.636. The molecule has 0 saturated carbocycles. The molecule has 0 bridgehead atoms. The van der Waals surface area contributed by atoms with Gasteiger partial charge in [0.25, 0.3) is 0 Å². The Morgan fingerprint density at radius 2 is 2.24 bits per heavy atom. The molecule has 0 aromatic carbocycles. The zero-order valence-corrected chi connectivity index (χ0v) is 11.3. The van der Waals surface area contributed by atoms with E-state index in [9.17, 15) is 8.42 Å². The molecule has 0 N–H and O–H groups in total. The average molecular weight is 278 g/mol. The van der Waals surface area contributed by atoms with E-state index in [1.54, 1.807) is 12.1 Å². The van der Waals surface area contributed by atoms with Gasteiger partial charge in [-0.15, -0.1) is 11.6 Å². The van der Waals surface area contributed by atoms with Crippen molar-refractivity contribution in [3.63, 3.8) is 0 Å². The van der Waals surface area contributed by atoms with E-state index in [1.165, 1.54) is 6.20 Å². The lowest BCUT2D eigenvalue weighted by molar-refractivity contribution is 0.306. The number of ether oxygens (including phenoxy) is 1. The Balaban J connectivity index is 2.95. The van der Waals surface area contributed by atoms with Crippen LogP contribution in [0.4, 0.5) is 0 Å². The van der Waals surface area contributed by atoms with Crippen molar-refractivity contribution in [2.24, 2.45) is 0 Å². The van der Waals surface area contributed by atoms with E-state index in [0.717, 1.165) is 6.42 Å². The molecule has 0 spiro atoms. The van der Waals surface area contributed by atoms with Crippen LogP contribution in [0.1, 0.15) is 19.8 Å². The number of sulfone groups is 1. The maximum Gasteiger partial charge on any atom is 0.199 e. The predicted molar refractivity (Wildman–Crippen MR) is 67.4 cm³/mol. The van der Waals surface area contributed by atoms with Gasteiger partial charge in [-0.2, -0.15) is 0 Å². The first-order valence-electron chi connectivity index (χ1n) is 5.48. The molecule has 4 nitrogen and oxygen atoms in total. The zero-order valence-electron chi connectivity index (χ0n) is 9.73. The molecule has 6 heteroatoms. The molecular formula is C11H16ClNO3S. The Labute approximate surface area is 107 Å². The summed E-state index contributed by atoms with van der Waals surface area (Å²) >= 11 is 5.50. The summed E-state index contributed by atoms with van der Waals surface area (Å²) < 4.78 is 29.3. The Bertz CT molecular complexity index is 448. The van der Waals surface area contributed by atoms with Gasteiger partial charge in [0.05, 0.1) is 12.4 Å². The molecule has 0 aliphatic heterocycles. The Hall–Kier alpha value is -0.810. The minimum Gasteiger partial charge on any atom is -0.491 e. The number of aromatic nitrogens is 1. The average Bonchev–Trinajstić information content (AvgIpc) is 2.34.